The molecule has 0 fully saturated rings. The van der Waals surface area contributed by atoms with Gasteiger partial charge in [-0.25, -0.2) is 4.79 Å². The molecule has 0 bridgehead atoms. The largest absolute Gasteiger partial charge is 0.481 e. The van der Waals surface area contributed by atoms with Crippen LogP contribution in [0.2, 0.25) is 0 Å². The van der Waals surface area contributed by atoms with E-state index in [-0.39, 0.29) is 19.3 Å². The maximum Gasteiger partial charge on any atom is 0.326 e. The van der Waals surface area contributed by atoms with E-state index in [0.29, 0.717) is 19.4 Å². The lowest BCUT2D eigenvalue weighted by molar-refractivity contribution is -0.143. The molecule has 0 spiro atoms. The van der Waals surface area contributed by atoms with E-state index in [9.17, 15) is 38.7 Å². The molecule has 0 aliphatic heterocycles. The third kappa shape index (κ3) is 13.8. The van der Waals surface area contributed by atoms with Crippen LogP contribution in [0.3, 0.4) is 0 Å². The predicted molar refractivity (Wildman–Crippen MR) is 123 cm³/mol. The maximum atomic E-state index is 12.8. The van der Waals surface area contributed by atoms with E-state index in [2.05, 4.69) is 10.6 Å². The van der Waals surface area contributed by atoms with Gasteiger partial charge in [-0.3, -0.25) is 28.8 Å². The molecule has 36 heavy (non-hydrogen) atoms. The molecule has 16 nitrogen and oxygen atoms in total. The zero-order chi connectivity index (χ0) is 27.8. The summed E-state index contributed by atoms with van der Waals surface area (Å²) in [6, 6.07) is -5.66. The topological polar surface area (TPSA) is 300 Å². The van der Waals surface area contributed by atoms with Crippen molar-refractivity contribution in [2.75, 3.05) is 6.54 Å². The van der Waals surface area contributed by atoms with Gasteiger partial charge in [0.2, 0.25) is 29.5 Å². The SMILES string of the molecule is NCCCCC(N)C(=O)NC(CCC(N)=O)C(=O)NC(CC(N)=O)C(=O)NC(CCC(=O)O)C(=O)O. The van der Waals surface area contributed by atoms with Crippen LogP contribution in [-0.4, -0.2) is 82.4 Å². The van der Waals surface area contributed by atoms with Gasteiger partial charge in [-0.1, -0.05) is 6.42 Å². The van der Waals surface area contributed by atoms with Gasteiger partial charge in [-0.05, 0) is 32.2 Å². The first-order valence-corrected chi connectivity index (χ1v) is 11.2. The van der Waals surface area contributed by atoms with Gasteiger partial charge in [0.25, 0.3) is 0 Å². The smallest absolute Gasteiger partial charge is 0.326 e. The van der Waals surface area contributed by atoms with Crippen LogP contribution in [-0.2, 0) is 33.6 Å². The van der Waals surface area contributed by atoms with E-state index in [1.54, 1.807) is 0 Å². The number of nitrogens with one attached hydrogen (secondary N) is 3. The fourth-order valence-electron chi connectivity index (χ4n) is 2.95. The molecule has 204 valence electrons. The fraction of sp³-hybridized carbons (Fsp3) is 0.650. The lowest BCUT2D eigenvalue weighted by Gasteiger charge is -2.24. The molecule has 0 heterocycles. The molecule has 5 amide bonds. The van der Waals surface area contributed by atoms with Crippen molar-refractivity contribution in [1.82, 2.24) is 16.0 Å². The number of rotatable bonds is 19. The predicted octanol–water partition coefficient (Wildman–Crippen LogP) is -4.01. The van der Waals surface area contributed by atoms with Gasteiger partial charge in [0.15, 0.2) is 0 Å². The Balaban J connectivity index is 5.53. The number of nitrogens with two attached hydrogens (primary N) is 4. The summed E-state index contributed by atoms with van der Waals surface area (Å²) >= 11 is 0. The molecule has 4 unspecified atom stereocenters. The Bertz CT molecular complexity index is 821. The standard InChI is InChI=1S/C20H35N7O9/c21-8-2-1-3-10(22)17(32)25-11(4-6-14(23)28)18(33)27-13(9-15(24)29)19(34)26-12(20(35)36)5-7-16(30)31/h10-13H,1-9,21-22H2,(H2,23,28)(H2,24,29)(H,25,32)(H,26,34)(H,27,33)(H,30,31)(H,35,36). The molecule has 0 aliphatic carbocycles. The van der Waals surface area contributed by atoms with Crippen LogP contribution in [0.15, 0.2) is 0 Å². The van der Waals surface area contributed by atoms with Crippen LogP contribution >= 0.6 is 0 Å². The highest BCUT2D eigenvalue weighted by Gasteiger charge is 2.31. The Hall–Kier alpha value is -3.79. The first-order valence-electron chi connectivity index (χ1n) is 11.2. The van der Waals surface area contributed by atoms with Crippen molar-refractivity contribution in [3.05, 3.63) is 0 Å². The second kappa shape index (κ2) is 16.8. The van der Waals surface area contributed by atoms with Crippen molar-refractivity contribution in [1.29, 1.82) is 0 Å². The monoisotopic (exact) mass is 517 g/mol. The van der Waals surface area contributed by atoms with E-state index in [0.717, 1.165) is 0 Å². The van der Waals surface area contributed by atoms with Gasteiger partial charge in [0.05, 0.1) is 12.5 Å². The number of carbonyl (C=O) groups is 7. The van der Waals surface area contributed by atoms with Gasteiger partial charge in [-0.15, -0.1) is 0 Å². The molecule has 13 N–H and O–H groups in total. The summed E-state index contributed by atoms with van der Waals surface area (Å²) in [6.07, 6.45) is -0.904. The number of primary amides is 2. The number of carbonyl (C=O) groups excluding carboxylic acids is 5. The molecule has 0 aliphatic rings. The summed E-state index contributed by atoms with van der Waals surface area (Å²) in [5.74, 6) is -7.46. The highest BCUT2D eigenvalue weighted by Crippen LogP contribution is 2.05. The van der Waals surface area contributed by atoms with E-state index < -0.39 is 84.9 Å². The lowest BCUT2D eigenvalue weighted by Crippen LogP contribution is -2.57. The van der Waals surface area contributed by atoms with Gasteiger partial charge < -0.3 is 49.1 Å². The summed E-state index contributed by atoms with van der Waals surface area (Å²) in [5.41, 5.74) is 21.5. The zero-order valence-corrected chi connectivity index (χ0v) is 19.7. The summed E-state index contributed by atoms with van der Waals surface area (Å²) < 4.78 is 0. The molecule has 0 radical (unpaired) electrons. The summed E-state index contributed by atoms with van der Waals surface area (Å²) in [6.45, 7) is 0.403. The van der Waals surface area contributed by atoms with Crippen molar-refractivity contribution in [3.8, 4) is 0 Å². The second-order valence-electron chi connectivity index (χ2n) is 8.02. The highest BCUT2D eigenvalue weighted by atomic mass is 16.4. The Kier molecular flexibility index (Phi) is 15.0. The Labute approximate surface area is 206 Å². The molecule has 0 aromatic heterocycles. The molecule has 0 saturated carbocycles. The van der Waals surface area contributed by atoms with Crippen LogP contribution in [0.5, 0.6) is 0 Å². The fourth-order valence-corrected chi connectivity index (χ4v) is 2.95. The summed E-state index contributed by atoms with van der Waals surface area (Å²) in [5, 5.41) is 24.6. The quantitative estimate of drug-likeness (QED) is 0.0743. The zero-order valence-electron chi connectivity index (χ0n) is 19.7. The van der Waals surface area contributed by atoms with E-state index in [1.807, 2.05) is 5.32 Å². The van der Waals surface area contributed by atoms with Crippen LogP contribution in [0.4, 0.5) is 0 Å². The Morgan fingerprint density at radius 3 is 1.69 bits per heavy atom. The first kappa shape index (κ1) is 32.2. The molecular formula is C20H35N7O9. The number of hydrogen-bond donors (Lipinski definition) is 9. The molecule has 16 heteroatoms. The average molecular weight is 518 g/mol. The lowest BCUT2D eigenvalue weighted by atomic mass is 10.1. The minimum absolute atomic E-state index is 0.260. The number of hydrogen-bond acceptors (Lipinski definition) is 9. The minimum atomic E-state index is -1.66. The molecular weight excluding hydrogens is 482 g/mol. The normalized spacial score (nSPS) is 13.9. The van der Waals surface area contributed by atoms with Gasteiger partial charge in [0.1, 0.15) is 18.1 Å². The van der Waals surface area contributed by atoms with Crippen molar-refractivity contribution in [2.24, 2.45) is 22.9 Å². The average Bonchev–Trinajstić information content (AvgIpc) is 2.77. The van der Waals surface area contributed by atoms with E-state index in [4.69, 9.17) is 28.0 Å². The minimum Gasteiger partial charge on any atom is -0.481 e. The van der Waals surface area contributed by atoms with Crippen molar-refractivity contribution in [2.45, 2.75) is 75.5 Å². The third-order valence-corrected chi connectivity index (χ3v) is 4.92. The molecule has 4 atom stereocenters. The Morgan fingerprint density at radius 2 is 1.19 bits per heavy atom. The summed E-state index contributed by atoms with van der Waals surface area (Å²) in [4.78, 5) is 82.6. The first-order chi connectivity index (χ1) is 16.8. The van der Waals surface area contributed by atoms with Crippen molar-refractivity contribution in [3.63, 3.8) is 0 Å². The van der Waals surface area contributed by atoms with E-state index >= 15 is 0 Å². The van der Waals surface area contributed by atoms with Crippen LogP contribution < -0.4 is 38.9 Å². The van der Waals surface area contributed by atoms with Crippen LogP contribution in [0.25, 0.3) is 0 Å². The van der Waals surface area contributed by atoms with Crippen molar-refractivity contribution >= 4 is 41.5 Å². The maximum absolute atomic E-state index is 12.8. The van der Waals surface area contributed by atoms with Gasteiger partial charge >= 0.3 is 11.9 Å². The number of amides is 5. The Morgan fingerprint density at radius 1 is 0.667 bits per heavy atom. The molecule has 0 saturated heterocycles. The summed E-state index contributed by atoms with van der Waals surface area (Å²) in [7, 11) is 0. The van der Waals surface area contributed by atoms with Crippen LogP contribution in [0.1, 0.15) is 51.4 Å². The highest BCUT2D eigenvalue weighted by molar-refractivity contribution is 5.96. The van der Waals surface area contributed by atoms with Crippen LogP contribution in [0, 0.1) is 0 Å². The van der Waals surface area contributed by atoms with Gasteiger partial charge in [-0.2, -0.15) is 0 Å². The molecule has 0 aromatic carbocycles. The van der Waals surface area contributed by atoms with E-state index in [1.165, 1.54) is 0 Å². The number of carboxylic acids is 2. The molecule has 0 rings (SSSR count). The van der Waals surface area contributed by atoms with Gasteiger partial charge in [0, 0.05) is 12.8 Å². The molecule has 0 aromatic rings. The third-order valence-electron chi connectivity index (χ3n) is 4.92. The number of aliphatic carboxylic acids is 2. The number of unbranched alkanes of at least 4 members (excludes halogenated alkanes) is 1. The second-order valence-corrected chi connectivity index (χ2v) is 8.02. The number of carboxylic acid groups (broad SMARTS) is 2. The van der Waals surface area contributed by atoms with Crippen molar-refractivity contribution < 1.29 is 43.8 Å².